The van der Waals surface area contributed by atoms with Crippen molar-refractivity contribution in [3.8, 4) is 17.2 Å². The Hall–Kier alpha value is -2.42. The lowest BCUT2D eigenvalue weighted by Gasteiger charge is -2.18. The molecule has 0 bridgehead atoms. The summed E-state index contributed by atoms with van der Waals surface area (Å²) >= 11 is 0. The average molecular weight is 326 g/mol. The van der Waals surface area contributed by atoms with Gasteiger partial charge in [0.2, 0.25) is 5.75 Å². The molecular weight excluding hydrogens is 300 g/mol. The fourth-order valence-corrected chi connectivity index (χ4v) is 2.27. The van der Waals surface area contributed by atoms with Crippen LogP contribution in [0.15, 0.2) is 36.4 Å². The predicted molar refractivity (Wildman–Crippen MR) is 100 cm³/mol. The fraction of sp³-hybridized carbons (Fsp3) is 0.333. The van der Waals surface area contributed by atoms with Gasteiger partial charge in [-0.15, -0.1) is 0 Å². The molecule has 1 atom stereocenters. The lowest BCUT2D eigenvalue weighted by molar-refractivity contribution is 0.198. The molecule has 0 saturated heterocycles. The Kier molecular flexibility index (Phi) is 6.30. The van der Waals surface area contributed by atoms with E-state index in [1.807, 2.05) is 25.1 Å². The fourth-order valence-electron chi connectivity index (χ4n) is 2.27. The normalized spacial score (nSPS) is 12.2. The quantitative estimate of drug-likeness (QED) is 0.641. The highest BCUT2D eigenvalue weighted by Gasteiger charge is 2.15. The summed E-state index contributed by atoms with van der Waals surface area (Å²) in [6, 6.07) is 12.3. The minimum atomic E-state index is 0.0988. The van der Waals surface area contributed by atoms with Gasteiger partial charge in [0.1, 0.15) is 0 Å². The highest BCUT2D eigenvalue weighted by Crippen LogP contribution is 2.39. The van der Waals surface area contributed by atoms with E-state index in [-0.39, 0.29) is 6.10 Å². The highest BCUT2D eigenvalue weighted by molar-refractivity contribution is 5.72. The number of hydrogen-bond donors (Lipinski definition) is 0. The Labute approximate surface area is 144 Å². The maximum Gasteiger partial charge on any atom is 0.203 e. The van der Waals surface area contributed by atoms with Gasteiger partial charge in [-0.1, -0.05) is 48.9 Å². The summed E-state index contributed by atoms with van der Waals surface area (Å²) in [7, 11) is 3.29. The van der Waals surface area contributed by atoms with Gasteiger partial charge in [0.25, 0.3) is 0 Å². The molecule has 2 aromatic carbocycles. The Balaban J connectivity index is 2.32. The Bertz CT molecular complexity index is 662. The van der Waals surface area contributed by atoms with Crippen molar-refractivity contribution >= 4 is 12.2 Å². The zero-order valence-electron chi connectivity index (χ0n) is 15.1. The monoisotopic (exact) mass is 326 g/mol. The van der Waals surface area contributed by atoms with Gasteiger partial charge < -0.3 is 14.2 Å². The zero-order valence-corrected chi connectivity index (χ0v) is 15.1. The van der Waals surface area contributed by atoms with E-state index in [4.69, 9.17) is 14.2 Å². The lowest BCUT2D eigenvalue weighted by Crippen LogP contribution is -2.11. The Morgan fingerprint density at radius 1 is 0.917 bits per heavy atom. The van der Waals surface area contributed by atoms with Crippen molar-refractivity contribution in [1.82, 2.24) is 0 Å². The molecule has 24 heavy (non-hydrogen) atoms. The van der Waals surface area contributed by atoms with E-state index < -0.39 is 0 Å². The molecular formula is C21H26O3. The first-order valence-corrected chi connectivity index (χ1v) is 8.24. The molecule has 0 N–H and O–H groups in total. The van der Waals surface area contributed by atoms with Crippen LogP contribution in [0, 0.1) is 6.92 Å². The molecule has 3 heteroatoms. The van der Waals surface area contributed by atoms with Crippen molar-refractivity contribution in [2.24, 2.45) is 0 Å². The van der Waals surface area contributed by atoms with Gasteiger partial charge in [-0.3, -0.25) is 0 Å². The minimum absolute atomic E-state index is 0.0988. The second-order valence-electron chi connectivity index (χ2n) is 5.84. The van der Waals surface area contributed by atoms with Crippen molar-refractivity contribution in [2.45, 2.75) is 33.3 Å². The van der Waals surface area contributed by atoms with Crippen LogP contribution in [0.5, 0.6) is 17.2 Å². The Morgan fingerprint density at radius 3 is 1.96 bits per heavy atom. The summed E-state index contributed by atoms with van der Waals surface area (Å²) in [5.74, 6) is 2.01. The zero-order chi connectivity index (χ0) is 17.5. The molecule has 0 heterocycles. The molecule has 0 aliphatic rings. The highest BCUT2D eigenvalue weighted by atomic mass is 16.5. The van der Waals surface area contributed by atoms with Gasteiger partial charge >= 0.3 is 0 Å². The van der Waals surface area contributed by atoms with E-state index in [1.165, 1.54) is 5.56 Å². The van der Waals surface area contributed by atoms with E-state index in [0.29, 0.717) is 17.2 Å². The summed E-state index contributed by atoms with van der Waals surface area (Å²) in [5.41, 5.74) is 3.40. The summed E-state index contributed by atoms with van der Waals surface area (Å²) in [6.45, 7) is 6.20. The molecule has 0 amide bonds. The number of hydrogen-bond acceptors (Lipinski definition) is 3. The van der Waals surface area contributed by atoms with E-state index in [1.54, 1.807) is 14.2 Å². The molecule has 3 nitrogen and oxygen atoms in total. The molecule has 1 unspecified atom stereocenters. The van der Waals surface area contributed by atoms with Crippen LogP contribution in [-0.4, -0.2) is 20.3 Å². The molecule has 0 radical (unpaired) electrons. The third kappa shape index (κ3) is 4.54. The molecule has 2 rings (SSSR count). The minimum Gasteiger partial charge on any atom is -0.493 e. The summed E-state index contributed by atoms with van der Waals surface area (Å²) in [4.78, 5) is 0. The third-order valence-electron chi connectivity index (χ3n) is 3.92. The van der Waals surface area contributed by atoms with Gasteiger partial charge in [0.05, 0.1) is 20.3 Å². The number of aryl methyl sites for hydroxylation is 1. The van der Waals surface area contributed by atoms with Crippen molar-refractivity contribution < 1.29 is 14.2 Å². The van der Waals surface area contributed by atoms with E-state index >= 15 is 0 Å². The molecule has 0 spiro atoms. The van der Waals surface area contributed by atoms with Crippen molar-refractivity contribution in [3.63, 3.8) is 0 Å². The molecule has 0 fully saturated rings. The van der Waals surface area contributed by atoms with Crippen LogP contribution < -0.4 is 14.2 Å². The van der Waals surface area contributed by atoms with Gasteiger partial charge in [0, 0.05) is 0 Å². The van der Waals surface area contributed by atoms with E-state index in [0.717, 1.165) is 17.5 Å². The number of methoxy groups -OCH3 is 2. The summed E-state index contributed by atoms with van der Waals surface area (Å²) in [6.07, 6.45) is 5.13. The van der Waals surface area contributed by atoms with Crippen LogP contribution in [0.3, 0.4) is 0 Å². The third-order valence-corrected chi connectivity index (χ3v) is 3.92. The summed E-state index contributed by atoms with van der Waals surface area (Å²) in [5, 5.41) is 0. The van der Waals surface area contributed by atoms with Crippen LogP contribution in [0.2, 0.25) is 0 Å². The summed E-state index contributed by atoms with van der Waals surface area (Å²) < 4.78 is 17.0. The number of ether oxygens (including phenoxy) is 3. The van der Waals surface area contributed by atoms with Crippen LogP contribution in [-0.2, 0) is 0 Å². The molecule has 128 valence electrons. The maximum atomic E-state index is 5.96. The molecule has 0 aliphatic carbocycles. The topological polar surface area (TPSA) is 27.7 Å². The van der Waals surface area contributed by atoms with Gasteiger partial charge in [-0.2, -0.15) is 0 Å². The Morgan fingerprint density at radius 2 is 1.46 bits per heavy atom. The number of benzene rings is 2. The molecule has 0 aromatic heterocycles. The van der Waals surface area contributed by atoms with Gasteiger partial charge in [0.15, 0.2) is 11.5 Å². The predicted octanol–water partition coefficient (Wildman–Crippen LogP) is 5.36. The van der Waals surface area contributed by atoms with Crippen LogP contribution in [0.1, 0.15) is 37.0 Å². The first kappa shape index (κ1) is 17.9. The first-order valence-electron chi connectivity index (χ1n) is 8.24. The first-order chi connectivity index (χ1) is 11.6. The second-order valence-corrected chi connectivity index (χ2v) is 5.84. The van der Waals surface area contributed by atoms with Crippen LogP contribution in [0.25, 0.3) is 12.2 Å². The number of rotatable bonds is 7. The van der Waals surface area contributed by atoms with Crippen LogP contribution >= 0.6 is 0 Å². The second kappa shape index (κ2) is 8.44. The standard InChI is InChI=1S/C21H26O3/c1-6-16(3)24-21-19(22-4)13-18(14-20(21)23-5)12-11-17-9-7-15(2)8-10-17/h7-14,16H,6H2,1-5H3/b12-11+. The largest absolute Gasteiger partial charge is 0.493 e. The molecule has 2 aromatic rings. The van der Waals surface area contributed by atoms with Crippen molar-refractivity contribution in [3.05, 3.63) is 53.1 Å². The van der Waals surface area contributed by atoms with E-state index in [2.05, 4.69) is 44.2 Å². The van der Waals surface area contributed by atoms with E-state index in [9.17, 15) is 0 Å². The SMILES string of the molecule is CCC(C)Oc1c(OC)cc(/C=C/c2ccc(C)cc2)cc1OC. The van der Waals surface area contributed by atoms with Crippen LogP contribution in [0.4, 0.5) is 0 Å². The molecule has 0 aliphatic heterocycles. The van der Waals surface area contributed by atoms with Crippen molar-refractivity contribution in [2.75, 3.05) is 14.2 Å². The average Bonchev–Trinajstić information content (AvgIpc) is 2.61. The van der Waals surface area contributed by atoms with Gasteiger partial charge in [-0.05, 0) is 43.5 Å². The maximum absolute atomic E-state index is 5.96. The lowest BCUT2D eigenvalue weighted by atomic mass is 10.1. The van der Waals surface area contributed by atoms with Crippen molar-refractivity contribution in [1.29, 1.82) is 0 Å². The van der Waals surface area contributed by atoms with Gasteiger partial charge in [-0.25, -0.2) is 0 Å². The smallest absolute Gasteiger partial charge is 0.203 e. The molecule has 0 saturated carbocycles.